The van der Waals surface area contributed by atoms with Gasteiger partial charge in [-0.1, -0.05) is 6.92 Å². The fourth-order valence-electron chi connectivity index (χ4n) is 3.65. The Hall–Kier alpha value is -1.79. The monoisotopic (exact) mass is 359 g/mol. The molecule has 2 aliphatic rings. The summed E-state index contributed by atoms with van der Waals surface area (Å²) < 4.78 is 0. The molecule has 0 aliphatic carbocycles. The maximum Gasteiger partial charge on any atom is 0.321 e. The molecule has 3 rings (SSSR count). The van der Waals surface area contributed by atoms with Crippen LogP contribution in [0, 0.1) is 0 Å². The smallest absolute Gasteiger partial charge is 0.321 e. The number of piperazine rings is 2. The molecule has 1 unspecified atom stereocenters. The van der Waals surface area contributed by atoms with Crippen molar-refractivity contribution in [3.05, 3.63) is 24.3 Å². The second-order valence-electron chi connectivity index (χ2n) is 7.55. The van der Waals surface area contributed by atoms with Gasteiger partial charge in [-0.2, -0.15) is 0 Å². The third-order valence-electron chi connectivity index (χ3n) is 5.80. The fourth-order valence-corrected chi connectivity index (χ4v) is 3.65. The number of hydrogen-bond acceptors (Lipinski definition) is 4. The number of nitrogens with zero attached hydrogens (tertiary/aromatic N) is 4. The zero-order valence-corrected chi connectivity index (χ0v) is 16.4. The summed E-state index contributed by atoms with van der Waals surface area (Å²) in [5.74, 6) is 0. The lowest BCUT2D eigenvalue weighted by atomic mass is 10.2. The first-order valence-electron chi connectivity index (χ1n) is 9.90. The first kappa shape index (κ1) is 19.0. The molecule has 1 aromatic rings. The molecule has 1 N–H and O–H groups in total. The normalized spacial score (nSPS) is 20.9. The summed E-state index contributed by atoms with van der Waals surface area (Å²) in [5.41, 5.74) is 2.11. The minimum atomic E-state index is 0.0150. The molecule has 0 spiro atoms. The van der Waals surface area contributed by atoms with Crippen molar-refractivity contribution in [2.75, 3.05) is 69.6 Å². The number of nitrogens with one attached hydrogen (secondary N) is 1. The molecule has 144 valence electrons. The Kier molecular flexibility index (Phi) is 6.38. The highest BCUT2D eigenvalue weighted by Crippen LogP contribution is 2.20. The summed E-state index contributed by atoms with van der Waals surface area (Å²) in [6.45, 7) is 12.3. The number of carbonyl (C=O) groups is 1. The molecule has 26 heavy (non-hydrogen) atoms. The SMILES string of the molecule is CCC(C)N1CCN(C(=O)Nc2ccc(N3CCN(C)CC3)cc2)CC1. The molecule has 0 radical (unpaired) electrons. The van der Waals surface area contributed by atoms with E-state index >= 15 is 0 Å². The maximum absolute atomic E-state index is 12.5. The lowest BCUT2D eigenvalue weighted by molar-refractivity contribution is 0.117. The van der Waals surface area contributed by atoms with Gasteiger partial charge in [0, 0.05) is 69.8 Å². The van der Waals surface area contributed by atoms with Crippen LogP contribution in [0.5, 0.6) is 0 Å². The summed E-state index contributed by atoms with van der Waals surface area (Å²) in [4.78, 5) is 21.7. The Morgan fingerprint density at radius 2 is 1.62 bits per heavy atom. The van der Waals surface area contributed by atoms with Crippen LogP contribution < -0.4 is 10.2 Å². The average Bonchev–Trinajstić information content (AvgIpc) is 2.69. The van der Waals surface area contributed by atoms with E-state index in [4.69, 9.17) is 0 Å². The molecule has 6 nitrogen and oxygen atoms in total. The van der Waals surface area contributed by atoms with Crippen LogP contribution in [0.2, 0.25) is 0 Å². The topological polar surface area (TPSA) is 42.1 Å². The summed E-state index contributed by atoms with van der Waals surface area (Å²) in [6.07, 6.45) is 1.16. The predicted molar refractivity (Wildman–Crippen MR) is 108 cm³/mol. The van der Waals surface area contributed by atoms with Gasteiger partial charge >= 0.3 is 6.03 Å². The molecule has 2 fully saturated rings. The summed E-state index contributed by atoms with van der Waals surface area (Å²) >= 11 is 0. The number of benzene rings is 1. The molecule has 2 aliphatic heterocycles. The predicted octanol–water partition coefficient (Wildman–Crippen LogP) is 2.39. The van der Waals surface area contributed by atoms with E-state index in [1.165, 1.54) is 5.69 Å². The number of carbonyl (C=O) groups excluding carboxylic acids is 1. The average molecular weight is 360 g/mol. The Balaban J connectivity index is 1.49. The minimum Gasteiger partial charge on any atom is -0.369 e. The van der Waals surface area contributed by atoms with Crippen molar-refractivity contribution in [3.8, 4) is 0 Å². The standard InChI is InChI=1S/C20H33N5O/c1-4-17(2)23-13-15-25(16-14-23)20(26)21-18-5-7-19(8-6-18)24-11-9-22(3)10-12-24/h5-8,17H,4,9-16H2,1-3H3,(H,21,26). The Bertz CT molecular complexity index is 574. The van der Waals surface area contributed by atoms with Crippen LogP contribution >= 0.6 is 0 Å². The number of rotatable bonds is 4. The number of anilines is 2. The molecular weight excluding hydrogens is 326 g/mol. The first-order valence-corrected chi connectivity index (χ1v) is 9.90. The molecule has 1 atom stereocenters. The highest BCUT2D eigenvalue weighted by Gasteiger charge is 2.23. The van der Waals surface area contributed by atoms with Crippen molar-refractivity contribution in [2.45, 2.75) is 26.3 Å². The van der Waals surface area contributed by atoms with E-state index in [0.717, 1.165) is 64.5 Å². The zero-order valence-electron chi connectivity index (χ0n) is 16.4. The van der Waals surface area contributed by atoms with Crippen LogP contribution in [-0.2, 0) is 0 Å². The van der Waals surface area contributed by atoms with Crippen molar-refractivity contribution in [2.24, 2.45) is 0 Å². The van der Waals surface area contributed by atoms with E-state index in [2.05, 4.69) is 53.0 Å². The third kappa shape index (κ3) is 4.68. The van der Waals surface area contributed by atoms with Gasteiger partial charge in [0.15, 0.2) is 0 Å². The van der Waals surface area contributed by atoms with Crippen LogP contribution in [0.25, 0.3) is 0 Å². The second kappa shape index (κ2) is 8.73. The van der Waals surface area contributed by atoms with E-state index in [9.17, 15) is 4.79 Å². The molecule has 0 bridgehead atoms. The summed E-state index contributed by atoms with van der Waals surface area (Å²) in [5, 5.41) is 3.05. The molecule has 2 amide bonds. The molecule has 2 saturated heterocycles. The second-order valence-corrected chi connectivity index (χ2v) is 7.55. The summed E-state index contributed by atoms with van der Waals surface area (Å²) in [7, 11) is 2.17. The lowest BCUT2D eigenvalue weighted by Gasteiger charge is -2.37. The van der Waals surface area contributed by atoms with Crippen LogP contribution in [0.1, 0.15) is 20.3 Å². The third-order valence-corrected chi connectivity index (χ3v) is 5.80. The first-order chi connectivity index (χ1) is 12.6. The number of likely N-dealkylation sites (N-methyl/N-ethyl adjacent to an activating group) is 1. The molecule has 0 saturated carbocycles. The van der Waals surface area contributed by atoms with Gasteiger partial charge in [-0.25, -0.2) is 4.79 Å². The number of hydrogen-bond donors (Lipinski definition) is 1. The summed E-state index contributed by atoms with van der Waals surface area (Å²) in [6, 6.07) is 8.87. The van der Waals surface area contributed by atoms with Gasteiger partial charge < -0.3 is 20.0 Å². The van der Waals surface area contributed by atoms with Gasteiger partial charge in [0.25, 0.3) is 0 Å². The Morgan fingerprint density at radius 3 is 2.19 bits per heavy atom. The van der Waals surface area contributed by atoms with E-state index in [1.807, 2.05) is 17.0 Å². The van der Waals surface area contributed by atoms with Gasteiger partial charge in [0.05, 0.1) is 0 Å². The Labute approximate surface area is 157 Å². The molecular formula is C20H33N5O. The minimum absolute atomic E-state index is 0.0150. The van der Waals surface area contributed by atoms with E-state index in [0.29, 0.717) is 6.04 Å². The van der Waals surface area contributed by atoms with Crippen molar-refractivity contribution < 1.29 is 4.79 Å². The maximum atomic E-state index is 12.5. The van der Waals surface area contributed by atoms with Gasteiger partial charge in [-0.05, 0) is 44.7 Å². The van der Waals surface area contributed by atoms with Gasteiger partial charge in [-0.3, -0.25) is 4.90 Å². The molecule has 0 aromatic heterocycles. The van der Waals surface area contributed by atoms with Crippen molar-refractivity contribution in [3.63, 3.8) is 0 Å². The van der Waals surface area contributed by atoms with Gasteiger partial charge in [0.2, 0.25) is 0 Å². The van der Waals surface area contributed by atoms with Crippen LogP contribution in [0.15, 0.2) is 24.3 Å². The number of urea groups is 1. The fraction of sp³-hybridized carbons (Fsp3) is 0.650. The molecule has 6 heteroatoms. The highest BCUT2D eigenvalue weighted by atomic mass is 16.2. The highest BCUT2D eigenvalue weighted by molar-refractivity contribution is 5.89. The van der Waals surface area contributed by atoms with Crippen molar-refractivity contribution >= 4 is 17.4 Å². The Morgan fingerprint density at radius 1 is 1.00 bits per heavy atom. The van der Waals surface area contributed by atoms with Crippen LogP contribution in [0.3, 0.4) is 0 Å². The quantitative estimate of drug-likeness (QED) is 0.896. The van der Waals surface area contributed by atoms with Gasteiger partial charge in [0.1, 0.15) is 0 Å². The van der Waals surface area contributed by atoms with Crippen molar-refractivity contribution in [1.29, 1.82) is 0 Å². The van der Waals surface area contributed by atoms with E-state index in [-0.39, 0.29) is 6.03 Å². The van der Waals surface area contributed by atoms with Crippen LogP contribution in [-0.4, -0.2) is 86.2 Å². The lowest BCUT2D eigenvalue weighted by Crippen LogP contribution is -2.52. The molecule has 2 heterocycles. The largest absolute Gasteiger partial charge is 0.369 e. The van der Waals surface area contributed by atoms with Gasteiger partial charge in [-0.15, -0.1) is 0 Å². The van der Waals surface area contributed by atoms with E-state index in [1.54, 1.807) is 0 Å². The van der Waals surface area contributed by atoms with E-state index < -0.39 is 0 Å². The number of amides is 2. The van der Waals surface area contributed by atoms with Crippen LogP contribution in [0.4, 0.5) is 16.2 Å². The zero-order chi connectivity index (χ0) is 18.5. The van der Waals surface area contributed by atoms with Crippen molar-refractivity contribution in [1.82, 2.24) is 14.7 Å². The molecule has 1 aromatic carbocycles.